The Balaban J connectivity index is 2.33. The van der Waals surface area contributed by atoms with Crippen LogP contribution in [0.5, 0.6) is 0 Å². The molecule has 0 unspecified atom stereocenters. The average Bonchev–Trinajstić information content (AvgIpc) is 2.34. The number of carbonyl (C=O) groups excluding carboxylic acids is 1. The van der Waals surface area contributed by atoms with E-state index in [1.54, 1.807) is 4.90 Å². The van der Waals surface area contributed by atoms with E-state index >= 15 is 0 Å². The highest BCUT2D eigenvalue weighted by atomic mass is 35.5. The summed E-state index contributed by atoms with van der Waals surface area (Å²) in [4.78, 5) is 14.7. The molecule has 0 aliphatic heterocycles. The van der Waals surface area contributed by atoms with Crippen molar-refractivity contribution in [2.45, 2.75) is 44.6 Å². The molecule has 0 spiro atoms. The first-order valence-electron chi connectivity index (χ1n) is 7.19. The lowest BCUT2D eigenvalue weighted by Gasteiger charge is -2.45. The molecule has 1 fully saturated rings. The fourth-order valence-electron chi connectivity index (χ4n) is 2.92. The van der Waals surface area contributed by atoms with Crippen LogP contribution in [0.2, 0.25) is 5.02 Å². The van der Waals surface area contributed by atoms with Gasteiger partial charge in [-0.2, -0.15) is 0 Å². The predicted octanol–water partition coefficient (Wildman–Crippen LogP) is 2.99. The highest BCUT2D eigenvalue weighted by molar-refractivity contribution is 6.30. The number of aliphatic hydroxyl groups is 1. The molecule has 0 heterocycles. The quantitative estimate of drug-likeness (QED) is 0.907. The maximum absolute atomic E-state index is 13.0. The maximum Gasteiger partial charge on any atom is 0.233 e. The van der Waals surface area contributed by atoms with Gasteiger partial charge in [0.2, 0.25) is 5.91 Å². The predicted molar refractivity (Wildman–Crippen MR) is 80.9 cm³/mol. The Morgan fingerprint density at radius 1 is 1.45 bits per heavy atom. The molecule has 1 aromatic rings. The van der Waals surface area contributed by atoms with Gasteiger partial charge in [0.05, 0.1) is 12.0 Å². The van der Waals surface area contributed by atoms with Gasteiger partial charge in [-0.1, -0.05) is 30.2 Å². The van der Waals surface area contributed by atoms with E-state index in [9.17, 15) is 9.90 Å². The van der Waals surface area contributed by atoms with Gasteiger partial charge in [-0.25, -0.2) is 0 Å². The Hall–Kier alpha value is -1.06. The van der Waals surface area contributed by atoms with Gasteiger partial charge in [-0.15, -0.1) is 0 Å². The van der Waals surface area contributed by atoms with Crippen LogP contribution in [0.25, 0.3) is 0 Å². The molecule has 0 saturated heterocycles. The minimum atomic E-state index is -0.440. The number of amides is 1. The van der Waals surface area contributed by atoms with Crippen LogP contribution in [0.3, 0.4) is 0 Å². The zero-order chi connectivity index (χ0) is 14.8. The summed E-state index contributed by atoms with van der Waals surface area (Å²) in [5.41, 5.74) is 0.564. The largest absolute Gasteiger partial charge is 0.395 e. The third-order valence-corrected chi connectivity index (χ3v) is 4.45. The van der Waals surface area contributed by atoms with E-state index in [1.165, 1.54) is 0 Å². The molecule has 0 aromatic heterocycles. The van der Waals surface area contributed by atoms with Crippen LogP contribution in [-0.4, -0.2) is 35.1 Å². The Morgan fingerprint density at radius 3 is 2.60 bits per heavy atom. The van der Waals surface area contributed by atoms with Crippen molar-refractivity contribution < 1.29 is 9.90 Å². The Kier molecular flexibility index (Phi) is 4.71. The number of hydrogen-bond donors (Lipinski definition) is 1. The van der Waals surface area contributed by atoms with E-state index in [0.29, 0.717) is 11.6 Å². The summed E-state index contributed by atoms with van der Waals surface area (Å²) in [6, 6.07) is 7.70. The van der Waals surface area contributed by atoms with Gasteiger partial charge in [0, 0.05) is 17.6 Å². The molecule has 1 aromatic carbocycles. The van der Waals surface area contributed by atoms with Gasteiger partial charge < -0.3 is 10.0 Å². The van der Waals surface area contributed by atoms with Crippen LogP contribution in [-0.2, 0) is 10.2 Å². The van der Waals surface area contributed by atoms with Crippen molar-refractivity contribution in [3.63, 3.8) is 0 Å². The molecular formula is C16H22ClNO2. The molecule has 20 heavy (non-hydrogen) atoms. The molecule has 110 valence electrons. The van der Waals surface area contributed by atoms with Gasteiger partial charge in [-0.3, -0.25) is 4.79 Å². The van der Waals surface area contributed by atoms with E-state index in [1.807, 2.05) is 38.1 Å². The summed E-state index contributed by atoms with van der Waals surface area (Å²) in [7, 11) is 0. The zero-order valence-electron chi connectivity index (χ0n) is 12.1. The molecule has 2 rings (SSSR count). The van der Waals surface area contributed by atoms with Crippen molar-refractivity contribution in [1.29, 1.82) is 0 Å². The van der Waals surface area contributed by atoms with Crippen LogP contribution in [0.1, 0.15) is 38.7 Å². The Labute approximate surface area is 125 Å². The van der Waals surface area contributed by atoms with Gasteiger partial charge in [0.15, 0.2) is 0 Å². The van der Waals surface area contributed by atoms with Crippen LogP contribution in [0, 0.1) is 0 Å². The number of benzene rings is 1. The summed E-state index contributed by atoms with van der Waals surface area (Å²) in [5, 5.41) is 9.86. The van der Waals surface area contributed by atoms with Gasteiger partial charge in [0.1, 0.15) is 0 Å². The van der Waals surface area contributed by atoms with Crippen LogP contribution < -0.4 is 0 Å². The number of carbonyl (C=O) groups is 1. The van der Waals surface area contributed by atoms with Crippen molar-refractivity contribution in [3.05, 3.63) is 34.9 Å². The highest BCUT2D eigenvalue weighted by Gasteiger charge is 2.47. The number of halogens is 1. The lowest BCUT2D eigenvalue weighted by Crippen LogP contribution is -2.53. The summed E-state index contributed by atoms with van der Waals surface area (Å²) in [6.45, 7) is 4.35. The van der Waals surface area contributed by atoms with Crippen LogP contribution in [0.4, 0.5) is 0 Å². The third-order valence-electron chi connectivity index (χ3n) is 4.22. The SMILES string of the molecule is CC(C)N(CCO)C(=O)C1(c2cccc(Cl)c2)CCC1. The first-order valence-corrected chi connectivity index (χ1v) is 7.57. The van der Waals surface area contributed by atoms with E-state index < -0.39 is 5.41 Å². The molecular weight excluding hydrogens is 274 g/mol. The molecule has 1 aliphatic rings. The summed E-state index contributed by atoms with van der Waals surface area (Å²) >= 11 is 6.08. The molecule has 4 heteroatoms. The average molecular weight is 296 g/mol. The van der Waals surface area contributed by atoms with Crippen molar-refractivity contribution in [2.75, 3.05) is 13.2 Å². The first kappa shape index (κ1) is 15.3. The van der Waals surface area contributed by atoms with E-state index in [0.717, 1.165) is 24.8 Å². The third kappa shape index (κ3) is 2.70. The lowest BCUT2D eigenvalue weighted by molar-refractivity contribution is -0.143. The Bertz CT molecular complexity index is 483. The molecule has 1 N–H and O–H groups in total. The van der Waals surface area contributed by atoms with E-state index in [2.05, 4.69) is 0 Å². The van der Waals surface area contributed by atoms with Crippen molar-refractivity contribution in [3.8, 4) is 0 Å². The van der Waals surface area contributed by atoms with Gasteiger partial charge in [-0.05, 0) is 44.4 Å². The number of nitrogens with zero attached hydrogens (tertiary/aromatic N) is 1. The lowest BCUT2D eigenvalue weighted by atomic mass is 9.63. The summed E-state index contributed by atoms with van der Waals surface area (Å²) < 4.78 is 0. The van der Waals surface area contributed by atoms with Gasteiger partial charge >= 0.3 is 0 Å². The van der Waals surface area contributed by atoms with E-state index in [-0.39, 0.29) is 18.6 Å². The molecule has 3 nitrogen and oxygen atoms in total. The normalized spacial score (nSPS) is 16.9. The minimum absolute atomic E-state index is 0.00442. The van der Waals surface area contributed by atoms with Crippen molar-refractivity contribution >= 4 is 17.5 Å². The smallest absolute Gasteiger partial charge is 0.233 e. The molecule has 0 bridgehead atoms. The second-order valence-corrected chi connectivity index (χ2v) is 6.20. The Morgan fingerprint density at radius 2 is 2.15 bits per heavy atom. The van der Waals surface area contributed by atoms with Crippen molar-refractivity contribution in [2.24, 2.45) is 0 Å². The zero-order valence-corrected chi connectivity index (χ0v) is 12.9. The van der Waals surface area contributed by atoms with Gasteiger partial charge in [0.25, 0.3) is 0 Å². The molecule has 0 atom stereocenters. The fourth-order valence-corrected chi connectivity index (χ4v) is 3.11. The van der Waals surface area contributed by atoms with Crippen LogP contribution in [0.15, 0.2) is 24.3 Å². The molecule has 0 radical (unpaired) electrons. The summed E-state index contributed by atoms with van der Waals surface area (Å²) in [6.07, 6.45) is 2.78. The first-order chi connectivity index (χ1) is 9.51. The summed E-state index contributed by atoms with van der Waals surface area (Å²) in [5.74, 6) is 0.120. The highest BCUT2D eigenvalue weighted by Crippen LogP contribution is 2.46. The standard InChI is InChI=1S/C16H22ClNO2/c1-12(2)18(9-10-19)15(20)16(7-4-8-16)13-5-3-6-14(17)11-13/h3,5-6,11-12,19H,4,7-10H2,1-2H3. The number of hydrogen-bond acceptors (Lipinski definition) is 2. The molecule has 1 aliphatic carbocycles. The number of aliphatic hydroxyl groups excluding tert-OH is 1. The van der Waals surface area contributed by atoms with Crippen molar-refractivity contribution in [1.82, 2.24) is 4.90 Å². The van der Waals surface area contributed by atoms with E-state index in [4.69, 9.17) is 11.6 Å². The fraction of sp³-hybridized carbons (Fsp3) is 0.562. The maximum atomic E-state index is 13.0. The molecule has 1 amide bonds. The second kappa shape index (κ2) is 6.15. The molecule has 1 saturated carbocycles. The topological polar surface area (TPSA) is 40.5 Å². The second-order valence-electron chi connectivity index (χ2n) is 5.76. The number of rotatable bonds is 5. The van der Waals surface area contributed by atoms with Crippen LogP contribution >= 0.6 is 11.6 Å². The minimum Gasteiger partial charge on any atom is -0.395 e. The monoisotopic (exact) mass is 295 g/mol.